The third-order valence-electron chi connectivity index (χ3n) is 5.83. The molecule has 0 radical (unpaired) electrons. The highest BCUT2D eigenvalue weighted by Crippen LogP contribution is 2.36. The first-order valence-corrected chi connectivity index (χ1v) is 13.2. The highest BCUT2D eigenvalue weighted by Gasteiger charge is 2.32. The minimum Gasteiger partial charge on any atom is -0.497 e. The molecule has 35 heavy (non-hydrogen) atoms. The zero-order chi connectivity index (χ0) is 24.5. The second-order valence-electron chi connectivity index (χ2n) is 8.08. The summed E-state index contributed by atoms with van der Waals surface area (Å²) in [7, 11) is 1.63. The quantitative estimate of drug-likeness (QED) is 0.174. The number of aromatic nitrogens is 1. The highest BCUT2D eigenvalue weighted by molar-refractivity contribution is 9.10. The molecule has 0 spiro atoms. The number of ether oxygens (including phenoxy) is 1. The van der Waals surface area contributed by atoms with E-state index in [2.05, 4.69) is 38.8 Å². The van der Waals surface area contributed by atoms with Gasteiger partial charge in [-0.1, -0.05) is 81.8 Å². The average molecular weight is 584 g/mol. The summed E-state index contributed by atoms with van der Waals surface area (Å²) in [5.41, 5.74) is 4.04. The Morgan fingerprint density at radius 3 is 2.60 bits per heavy atom. The van der Waals surface area contributed by atoms with Crippen molar-refractivity contribution in [3.8, 4) is 5.75 Å². The maximum atomic E-state index is 13.3. The van der Waals surface area contributed by atoms with Crippen molar-refractivity contribution in [2.45, 2.75) is 13.1 Å². The Labute approximate surface area is 226 Å². The Balaban J connectivity index is 1.47. The minimum absolute atomic E-state index is 0.0854. The molecule has 8 heteroatoms. The molecule has 0 bridgehead atoms. The Morgan fingerprint density at radius 1 is 1.09 bits per heavy atom. The van der Waals surface area contributed by atoms with Crippen molar-refractivity contribution < 1.29 is 9.53 Å². The Kier molecular flexibility index (Phi) is 7.02. The molecule has 1 amide bonds. The molecule has 0 unspecified atom stereocenters. The molecule has 1 aliphatic heterocycles. The van der Waals surface area contributed by atoms with Crippen LogP contribution in [-0.4, -0.2) is 26.8 Å². The van der Waals surface area contributed by atoms with E-state index < -0.39 is 0 Å². The lowest BCUT2D eigenvalue weighted by molar-refractivity contribution is -0.122. The maximum absolute atomic E-state index is 13.3. The fraction of sp³-hybridized carbons (Fsp3) is 0.111. The van der Waals surface area contributed by atoms with Crippen molar-refractivity contribution in [2.75, 3.05) is 7.11 Å². The number of amides is 1. The summed E-state index contributed by atoms with van der Waals surface area (Å²) < 4.78 is 8.91. The monoisotopic (exact) mass is 582 g/mol. The lowest BCUT2D eigenvalue weighted by Gasteiger charge is -2.14. The molecule has 1 fully saturated rings. The molecule has 4 nitrogen and oxygen atoms in total. The van der Waals surface area contributed by atoms with Gasteiger partial charge in [-0.2, -0.15) is 0 Å². The van der Waals surface area contributed by atoms with Gasteiger partial charge < -0.3 is 9.30 Å². The molecular weight excluding hydrogens is 564 g/mol. The zero-order valence-electron chi connectivity index (χ0n) is 18.7. The van der Waals surface area contributed by atoms with E-state index >= 15 is 0 Å². The van der Waals surface area contributed by atoms with Crippen LogP contribution in [0.5, 0.6) is 5.75 Å². The molecular formula is C27H20BrClN2O2S2. The van der Waals surface area contributed by atoms with Crippen LogP contribution in [0.3, 0.4) is 0 Å². The van der Waals surface area contributed by atoms with Crippen LogP contribution in [0.15, 0.2) is 82.3 Å². The van der Waals surface area contributed by atoms with Gasteiger partial charge in [0.25, 0.3) is 5.91 Å². The normalized spacial score (nSPS) is 14.9. The fourth-order valence-corrected chi connectivity index (χ4v) is 5.85. The summed E-state index contributed by atoms with van der Waals surface area (Å²) in [6, 6.07) is 21.7. The van der Waals surface area contributed by atoms with Crippen molar-refractivity contribution in [3.63, 3.8) is 0 Å². The predicted molar refractivity (Wildman–Crippen MR) is 152 cm³/mol. The number of carbonyl (C=O) groups excluding carboxylic acids is 1. The predicted octanol–water partition coefficient (Wildman–Crippen LogP) is 7.52. The van der Waals surface area contributed by atoms with Crippen LogP contribution >= 0.6 is 51.5 Å². The standard InChI is InChI=1S/C27H20BrClN2O2S2/c1-33-21-9-6-17(7-10-21)14-31-26(32)25(35-27(31)34)12-19-16-30(15-18-4-2-3-5-23(18)29)24-11-8-20(28)13-22(19)24/h2-13,16H,14-15H2,1H3/b25-12-. The van der Waals surface area contributed by atoms with Crippen LogP contribution in [-0.2, 0) is 17.9 Å². The third kappa shape index (κ3) is 5.05. The molecule has 4 aromatic rings. The molecule has 2 heterocycles. The summed E-state index contributed by atoms with van der Waals surface area (Å²) in [4.78, 5) is 15.5. The Bertz CT molecular complexity index is 1480. The number of rotatable bonds is 6. The molecule has 1 saturated heterocycles. The van der Waals surface area contributed by atoms with E-state index in [1.807, 2.05) is 60.7 Å². The van der Waals surface area contributed by atoms with Gasteiger partial charge in [0, 0.05) is 38.7 Å². The third-order valence-corrected chi connectivity index (χ3v) is 8.07. The molecule has 0 atom stereocenters. The molecule has 1 aromatic heterocycles. The molecule has 0 saturated carbocycles. The number of carbonyl (C=O) groups is 1. The van der Waals surface area contributed by atoms with Gasteiger partial charge in [-0.25, -0.2) is 0 Å². The fourth-order valence-electron chi connectivity index (χ4n) is 4.04. The van der Waals surface area contributed by atoms with Gasteiger partial charge in [-0.15, -0.1) is 0 Å². The molecule has 0 N–H and O–H groups in total. The van der Waals surface area contributed by atoms with Crippen molar-refractivity contribution in [1.82, 2.24) is 9.47 Å². The number of fused-ring (bicyclic) bond motifs is 1. The number of halogens is 2. The minimum atomic E-state index is -0.0854. The number of benzene rings is 3. The van der Waals surface area contributed by atoms with Crippen LogP contribution in [0.2, 0.25) is 5.02 Å². The number of thiocarbonyl (C=S) groups is 1. The Morgan fingerprint density at radius 2 is 1.86 bits per heavy atom. The van der Waals surface area contributed by atoms with Crippen LogP contribution in [0, 0.1) is 0 Å². The number of thioether (sulfide) groups is 1. The van der Waals surface area contributed by atoms with E-state index in [1.165, 1.54) is 11.8 Å². The zero-order valence-corrected chi connectivity index (χ0v) is 22.7. The van der Waals surface area contributed by atoms with Crippen molar-refractivity contribution >= 4 is 78.7 Å². The molecule has 1 aliphatic rings. The van der Waals surface area contributed by atoms with Gasteiger partial charge in [-0.05, 0) is 53.6 Å². The number of hydrogen-bond acceptors (Lipinski definition) is 4. The summed E-state index contributed by atoms with van der Waals surface area (Å²) in [5.74, 6) is 0.691. The Hall–Kier alpha value is -2.58. The summed E-state index contributed by atoms with van der Waals surface area (Å²) >= 11 is 16.9. The van der Waals surface area contributed by atoms with Gasteiger partial charge >= 0.3 is 0 Å². The van der Waals surface area contributed by atoms with Crippen LogP contribution < -0.4 is 4.74 Å². The second-order valence-corrected chi connectivity index (χ2v) is 11.1. The number of hydrogen-bond donors (Lipinski definition) is 0. The van der Waals surface area contributed by atoms with E-state index in [0.29, 0.717) is 22.3 Å². The van der Waals surface area contributed by atoms with Gasteiger partial charge in [0.05, 0.1) is 18.6 Å². The molecule has 3 aromatic carbocycles. The molecule has 176 valence electrons. The SMILES string of the molecule is COc1ccc(CN2C(=O)/C(=C/c3cn(Cc4ccccc4Cl)c4ccc(Br)cc34)SC2=S)cc1. The topological polar surface area (TPSA) is 34.5 Å². The first kappa shape index (κ1) is 24.1. The summed E-state index contributed by atoms with van der Waals surface area (Å²) in [6.45, 7) is 1.05. The van der Waals surface area contributed by atoms with Crippen molar-refractivity contribution in [1.29, 1.82) is 0 Å². The van der Waals surface area contributed by atoms with E-state index in [0.717, 1.165) is 42.8 Å². The lowest BCUT2D eigenvalue weighted by atomic mass is 10.1. The van der Waals surface area contributed by atoms with Crippen molar-refractivity contribution in [2.24, 2.45) is 0 Å². The van der Waals surface area contributed by atoms with Gasteiger partial charge in [-0.3, -0.25) is 9.69 Å². The molecule has 0 aliphatic carbocycles. The van der Waals surface area contributed by atoms with Crippen LogP contribution in [0.4, 0.5) is 0 Å². The van der Waals surface area contributed by atoms with E-state index in [4.69, 9.17) is 28.6 Å². The first-order chi connectivity index (χ1) is 16.9. The largest absolute Gasteiger partial charge is 0.497 e. The summed E-state index contributed by atoms with van der Waals surface area (Å²) in [6.07, 6.45) is 4.00. The second kappa shape index (κ2) is 10.2. The van der Waals surface area contributed by atoms with Crippen LogP contribution in [0.1, 0.15) is 16.7 Å². The first-order valence-electron chi connectivity index (χ1n) is 10.8. The maximum Gasteiger partial charge on any atom is 0.266 e. The summed E-state index contributed by atoms with van der Waals surface area (Å²) in [5, 5.41) is 1.78. The van der Waals surface area contributed by atoms with Gasteiger partial charge in [0.2, 0.25) is 0 Å². The van der Waals surface area contributed by atoms with E-state index in [-0.39, 0.29) is 5.91 Å². The van der Waals surface area contributed by atoms with Gasteiger partial charge in [0.1, 0.15) is 10.1 Å². The number of nitrogens with zero attached hydrogens (tertiary/aromatic N) is 2. The lowest BCUT2D eigenvalue weighted by Crippen LogP contribution is -2.27. The van der Waals surface area contributed by atoms with E-state index in [9.17, 15) is 4.79 Å². The molecule has 5 rings (SSSR count). The van der Waals surface area contributed by atoms with Crippen molar-refractivity contribution in [3.05, 3.63) is 104 Å². The number of methoxy groups -OCH3 is 1. The van der Waals surface area contributed by atoms with E-state index in [1.54, 1.807) is 12.0 Å². The van der Waals surface area contributed by atoms with Gasteiger partial charge in [0.15, 0.2) is 0 Å². The highest BCUT2D eigenvalue weighted by atomic mass is 79.9. The smallest absolute Gasteiger partial charge is 0.266 e. The average Bonchev–Trinajstić information content (AvgIpc) is 3.32. The van der Waals surface area contributed by atoms with Crippen LogP contribution in [0.25, 0.3) is 17.0 Å².